The van der Waals surface area contributed by atoms with E-state index in [1.165, 1.54) is 0 Å². The zero-order valence-electron chi connectivity index (χ0n) is 44.3. The molecule has 21 heteroatoms. The fraction of sp³-hybridized carbons (Fsp3) is 0.688. The summed E-state index contributed by atoms with van der Waals surface area (Å²) in [6.07, 6.45) is -3.23. The molecule has 390 valence electrons. The Balaban J connectivity index is 3.44. The van der Waals surface area contributed by atoms with Crippen LogP contribution in [0, 0.1) is 5.41 Å². The van der Waals surface area contributed by atoms with E-state index in [1.54, 1.807) is 149 Å². The Morgan fingerprint density at radius 3 is 1.32 bits per heavy atom. The largest absolute Gasteiger partial charge is 0.494 e. The minimum Gasteiger partial charge on any atom is -0.494 e. The zero-order chi connectivity index (χ0) is 53.2. The number of nitrogens with zero attached hydrogens (tertiary/aromatic N) is 4. The monoisotopic (exact) mass is 977 g/mol. The molecule has 0 bridgehead atoms. The molecule has 1 aromatic rings. The topological polar surface area (TPSA) is 258 Å². The van der Waals surface area contributed by atoms with Crippen molar-refractivity contribution in [2.75, 3.05) is 26.2 Å². The van der Waals surface area contributed by atoms with E-state index in [4.69, 9.17) is 38.6 Å². The lowest BCUT2D eigenvalue weighted by Crippen LogP contribution is -2.53. The highest BCUT2D eigenvalue weighted by molar-refractivity contribution is 6.06. The van der Waals surface area contributed by atoms with Crippen LogP contribution in [0.25, 0.3) is 0 Å². The van der Waals surface area contributed by atoms with Gasteiger partial charge in [-0.25, -0.2) is 38.6 Å². The van der Waals surface area contributed by atoms with E-state index in [1.807, 2.05) is 0 Å². The van der Waals surface area contributed by atoms with Crippen molar-refractivity contribution in [1.82, 2.24) is 25.8 Å². The molecule has 0 atom stereocenters. The molecule has 0 saturated carbocycles. The molecule has 0 saturated heterocycles. The summed E-state index contributed by atoms with van der Waals surface area (Å²) in [4.78, 5) is 89.6. The van der Waals surface area contributed by atoms with Crippen molar-refractivity contribution in [1.29, 1.82) is 5.41 Å². The third kappa shape index (κ3) is 29.4. The van der Waals surface area contributed by atoms with Crippen molar-refractivity contribution < 1.29 is 61.9 Å². The zero-order valence-corrected chi connectivity index (χ0v) is 44.3. The first kappa shape index (κ1) is 60.9. The lowest BCUT2D eigenvalue weighted by atomic mass is 10.2. The number of nitrogens with one attached hydrogen (secondary N) is 4. The summed E-state index contributed by atoms with van der Waals surface area (Å²) in [5, 5.41) is 15.6. The van der Waals surface area contributed by atoms with Crippen LogP contribution < -0.4 is 20.7 Å². The Kier molecular flexibility index (Phi) is 22.9. The van der Waals surface area contributed by atoms with Crippen LogP contribution >= 0.6 is 0 Å². The van der Waals surface area contributed by atoms with E-state index in [9.17, 15) is 28.8 Å². The summed E-state index contributed by atoms with van der Waals surface area (Å²) >= 11 is 0. The van der Waals surface area contributed by atoms with Gasteiger partial charge in [0.15, 0.2) is 0 Å². The third-order valence-corrected chi connectivity index (χ3v) is 7.66. The van der Waals surface area contributed by atoms with Gasteiger partial charge in [0.1, 0.15) is 45.2 Å². The minimum atomic E-state index is -1.07. The predicted molar refractivity (Wildman–Crippen MR) is 262 cm³/mol. The number of amides is 6. The molecule has 69 heavy (non-hydrogen) atoms. The number of alkyl carbamates (subject to hydrolysis) is 3. The van der Waals surface area contributed by atoms with Crippen molar-refractivity contribution in [3.63, 3.8) is 0 Å². The first-order chi connectivity index (χ1) is 31.3. The van der Waals surface area contributed by atoms with Crippen molar-refractivity contribution in [2.24, 2.45) is 9.98 Å². The number of hydrogen-bond donors (Lipinski definition) is 4. The molecule has 0 aliphatic carbocycles. The lowest BCUT2D eigenvalue weighted by Gasteiger charge is -2.34. The van der Waals surface area contributed by atoms with Gasteiger partial charge in [-0.2, -0.15) is 0 Å². The number of amidine groups is 1. The molecule has 0 aliphatic heterocycles. The minimum absolute atomic E-state index is 0.0448. The number of guanidine groups is 2. The summed E-state index contributed by atoms with van der Waals surface area (Å²) < 4.78 is 38.9. The van der Waals surface area contributed by atoms with Gasteiger partial charge in [0, 0.05) is 25.2 Å². The van der Waals surface area contributed by atoms with Gasteiger partial charge in [-0.3, -0.25) is 26.4 Å². The second kappa shape index (κ2) is 26.0. The molecule has 0 aliphatic rings. The van der Waals surface area contributed by atoms with Gasteiger partial charge >= 0.3 is 36.6 Å². The summed E-state index contributed by atoms with van der Waals surface area (Å²) in [5.41, 5.74) is -4.93. The molecule has 4 N–H and O–H groups in total. The summed E-state index contributed by atoms with van der Waals surface area (Å²) in [6.45, 7) is 30.3. The van der Waals surface area contributed by atoms with Gasteiger partial charge in [0.25, 0.3) is 0 Å². The fourth-order valence-electron chi connectivity index (χ4n) is 5.26. The molecule has 0 radical (unpaired) electrons. The molecule has 6 amide bonds. The Morgan fingerprint density at radius 1 is 0.507 bits per heavy atom. The molecule has 0 spiro atoms. The first-order valence-electron chi connectivity index (χ1n) is 23.0. The maximum absolute atomic E-state index is 14.1. The SMILES string of the molecule is CC(C)(C)OC(=O)N=C(N(CCCCCCN=C(NC(=O)OC(C)(C)C)NC(=O)OC(C)(C)C)C(=O)OC(C)(C)C)N(CCCOc1ccc(C(=N)NC(=O)OC(C)(C)C)cc1)C(=O)OC(C)(C)C. The van der Waals surface area contributed by atoms with Crippen LogP contribution in [0.15, 0.2) is 34.3 Å². The number of unbranched alkanes of at least 4 members (excludes halogenated alkanes) is 3. The average molecular weight is 977 g/mol. The van der Waals surface area contributed by atoms with Crippen LogP contribution in [0.4, 0.5) is 28.8 Å². The van der Waals surface area contributed by atoms with Crippen LogP contribution in [0.1, 0.15) is 162 Å². The highest BCUT2D eigenvalue weighted by atomic mass is 16.6. The Labute approximate surface area is 408 Å². The van der Waals surface area contributed by atoms with E-state index in [2.05, 4.69) is 25.9 Å². The maximum atomic E-state index is 14.1. The van der Waals surface area contributed by atoms with Crippen molar-refractivity contribution >= 4 is 54.3 Å². The van der Waals surface area contributed by atoms with E-state index in [0.29, 0.717) is 37.0 Å². The van der Waals surface area contributed by atoms with Gasteiger partial charge in [-0.05, 0) is 168 Å². The molecule has 0 aromatic heterocycles. The normalized spacial score (nSPS) is 12.3. The molecular weight excluding hydrogens is 897 g/mol. The number of carbonyl (C=O) groups excluding carboxylic acids is 6. The number of benzene rings is 1. The summed E-state index contributed by atoms with van der Waals surface area (Å²) in [6, 6.07) is 6.40. The average Bonchev–Trinajstić information content (AvgIpc) is 3.10. The third-order valence-electron chi connectivity index (χ3n) is 7.66. The van der Waals surface area contributed by atoms with E-state index in [-0.39, 0.29) is 50.4 Å². The van der Waals surface area contributed by atoms with Crippen molar-refractivity contribution in [2.45, 2.75) is 190 Å². The first-order valence-corrected chi connectivity index (χ1v) is 23.0. The van der Waals surface area contributed by atoms with E-state index >= 15 is 0 Å². The van der Waals surface area contributed by atoms with Crippen molar-refractivity contribution in [3.8, 4) is 5.75 Å². The Bertz CT molecular complexity index is 1930. The van der Waals surface area contributed by atoms with Crippen LogP contribution in [-0.2, 0) is 28.4 Å². The number of carbonyl (C=O) groups is 6. The van der Waals surface area contributed by atoms with Crippen LogP contribution in [0.2, 0.25) is 0 Å². The van der Waals surface area contributed by atoms with Gasteiger partial charge in [-0.15, -0.1) is 4.99 Å². The lowest BCUT2D eigenvalue weighted by molar-refractivity contribution is 0.0267. The number of ether oxygens (including phenoxy) is 7. The second-order valence-electron chi connectivity index (χ2n) is 21.8. The predicted octanol–water partition coefficient (Wildman–Crippen LogP) is 10.0. The van der Waals surface area contributed by atoms with Crippen LogP contribution in [0.5, 0.6) is 5.75 Å². The quantitative estimate of drug-likeness (QED) is 0.0622. The molecule has 0 fully saturated rings. The summed E-state index contributed by atoms with van der Waals surface area (Å²) in [7, 11) is 0. The Hall–Kier alpha value is -6.15. The maximum Gasteiger partial charge on any atom is 0.437 e. The van der Waals surface area contributed by atoms with Gasteiger partial charge < -0.3 is 33.2 Å². The van der Waals surface area contributed by atoms with E-state index < -0.39 is 70.2 Å². The highest BCUT2D eigenvalue weighted by Crippen LogP contribution is 2.20. The summed E-state index contributed by atoms with van der Waals surface area (Å²) in [5.74, 6) is -0.290. The molecule has 0 heterocycles. The smallest absolute Gasteiger partial charge is 0.437 e. The van der Waals surface area contributed by atoms with Gasteiger partial charge in [0.2, 0.25) is 11.9 Å². The number of aliphatic imine (C=N–C) groups is 2. The molecule has 0 unspecified atom stereocenters. The molecule has 1 rings (SSSR count). The number of rotatable bonds is 13. The van der Waals surface area contributed by atoms with E-state index in [0.717, 1.165) is 9.80 Å². The number of hydrogen-bond acceptors (Lipinski definition) is 15. The van der Waals surface area contributed by atoms with Gasteiger partial charge in [0.05, 0.1) is 6.61 Å². The Morgan fingerprint density at radius 2 is 0.899 bits per heavy atom. The van der Waals surface area contributed by atoms with Crippen LogP contribution in [0.3, 0.4) is 0 Å². The molecular formula is C48H80N8O13. The molecule has 21 nitrogen and oxygen atoms in total. The van der Waals surface area contributed by atoms with Gasteiger partial charge in [-0.1, -0.05) is 12.8 Å². The highest BCUT2D eigenvalue weighted by Gasteiger charge is 2.35. The molecule has 1 aromatic carbocycles. The fourth-order valence-corrected chi connectivity index (χ4v) is 5.26. The van der Waals surface area contributed by atoms with Crippen molar-refractivity contribution in [3.05, 3.63) is 29.8 Å². The standard InChI is InChI=1S/C48H80N8O13/c1-43(2,3)64-37(57)51-34(49)32-24-26-33(27-25-32)63-31-23-30-56(42(62)69-48(16,17)18)36(54-40(60)67-46(10,11)12)55(41(61)68-47(13,14)15)29-22-20-19-21-28-50-35(52-38(58)65-44(4,5)6)53-39(59)66-45(7,8)9/h24-27H,19-23,28-31H2,1-18H3,(H2,49,51,57)(H2,50,52,53,58,59). The van der Waals surface area contributed by atoms with Crippen LogP contribution in [-0.4, -0.2) is 124 Å². The second-order valence-corrected chi connectivity index (χ2v) is 21.8.